The number of nitrogens with one attached hydrogen (secondary N) is 1. The van der Waals surface area contributed by atoms with Crippen molar-refractivity contribution in [3.8, 4) is 0 Å². The SMILES string of the molecule is C[NH2+]CCC[NH2+][C@@H](CC(=O)Nc1cc(C)cc(C)c1)C(=O)[O-]. The van der Waals surface area contributed by atoms with E-state index in [1.54, 1.807) is 5.32 Å². The van der Waals surface area contributed by atoms with Crippen molar-refractivity contribution < 1.29 is 25.3 Å². The first-order valence-electron chi connectivity index (χ1n) is 7.62. The van der Waals surface area contributed by atoms with Crippen LogP contribution in [-0.2, 0) is 9.59 Å². The van der Waals surface area contributed by atoms with Crippen molar-refractivity contribution >= 4 is 17.6 Å². The average molecular weight is 308 g/mol. The summed E-state index contributed by atoms with van der Waals surface area (Å²) < 4.78 is 0. The zero-order chi connectivity index (χ0) is 16.5. The zero-order valence-corrected chi connectivity index (χ0v) is 13.5. The second kappa shape index (κ2) is 9.17. The van der Waals surface area contributed by atoms with Gasteiger partial charge in [-0.25, -0.2) is 0 Å². The van der Waals surface area contributed by atoms with Crippen LogP contribution < -0.4 is 21.1 Å². The predicted octanol–water partition coefficient (Wildman–Crippen LogP) is -2.10. The number of nitrogens with two attached hydrogens (primary N) is 2. The smallest absolute Gasteiger partial charge is 0.230 e. The Morgan fingerprint density at radius 1 is 1.18 bits per heavy atom. The number of carbonyl (C=O) groups excluding carboxylic acids is 2. The second-order valence-corrected chi connectivity index (χ2v) is 5.63. The minimum absolute atomic E-state index is 0.0921. The molecule has 5 N–H and O–H groups in total. The molecule has 0 aliphatic carbocycles. The molecule has 0 saturated heterocycles. The molecule has 6 nitrogen and oxygen atoms in total. The van der Waals surface area contributed by atoms with Gasteiger partial charge in [0.2, 0.25) is 5.91 Å². The number of hydrogen-bond acceptors (Lipinski definition) is 3. The number of aryl methyl sites for hydroxylation is 2. The Morgan fingerprint density at radius 3 is 2.36 bits per heavy atom. The normalized spacial score (nSPS) is 12.0. The molecule has 22 heavy (non-hydrogen) atoms. The molecule has 0 aromatic heterocycles. The number of carbonyl (C=O) groups is 2. The summed E-state index contributed by atoms with van der Waals surface area (Å²) in [4.78, 5) is 23.1. The van der Waals surface area contributed by atoms with Crippen LogP contribution in [0.25, 0.3) is 0 Å². The van der Waals surface area contributed by atoms with Crippen molar-refractivity contribution in [1.29, 1.82) is 0 Å². The van der Waals surface area contributed by atoms with Crippen LogP contribution in [0.1, 0.15) is 24.0 Å². The lowest BCUT2D eigenvalue weighted by Crippen LogP contribution is -2.94. The first kappa shape index (κ1) is 18.1. The van der Waals surface area contributed by atoms with Gasteiger partial charge in [0.25, 0.3) is 0 Å². The molecule has 0 spiro atoms. The highest BCUT2D eigenvalue weighted by Crippen LogP contribution is 2.13. The van der Waals surface area contributed by atoms with Crippen molar-refractivity contribution in [2.45, 2.75) is 32.7 Å². The fourth-order valence-corrected chi connectivity index (χ4v) is 2.36. The summed E-state index contributed by atoms with van der Waals surface area (Å²) in [5.74, 6) is -1.51. The van der Waals surface area contributed by atoms with Crippen LogP contribution in [0.3, 0.4) is 0 Å². The van der Waals surface area contributed by atoms with Crippen molar-refractivity contribution in [1.82, 2.24) is 0 Å². The van der Waals surface area contributed by atoms with E-state index in [-0.39, 0.29) is 12.3 Å². The summed E-state index contributed by atoms with van der Waals surface area (Å²) in [7, 11) is 1.97. The summed E-state index contributed by atoms with van der Waals surface area (Å²) in [5, 5.41) is 17.6. The highest BCUT2D eigenvalue weighted by molar-refractivity contribution is 5.93. The molecule has 1 amide bonds. The predicted molar refractivity (Wildman–Crippen MR) is 82.1 cm³/mol. The van der Waals surface area contributed by atoms with Crippen molar-refractivity contribution in [3.63, 3.8) is 0 Å². The van der Waals surface area contributed by atoms with Gasteiger partial charge in [0, 0.05) is 12.1 Å². The van der Waals surface area contributed by atoms with Gasteiger partial charge in [0.05, 0.1) is 32.5 Å². The van der Waals surface area contributed by atoms with Gasteiger partial charge in [-0.15, -0.1) is 0 Å². The number of carboxylic acids is 1. The molecule has 0 bridgehead atoms. The van der Waals surface area contributed by atoms with Gasteiger partial charge in [0.1, 0.15) is 6.04 Å². The molecule has 0 aliphatic rings. The third-order valence-electron chi connectivity index (χ3n) is 3.36. The number of aliphatic carboxylic acids is 1. The van der Waals surface area contributed by atoms with Gasteiger partial charge in [-0.1, -0.05) is 6.07 Å². The largest absolute Gasteiger partial charge is 0.544 e. The molecule has 1 aromatic carbocycles. The Kier molecular flexibility index (Phi) is 7.56. The number of quaternary nitrogens is 2. The maximum atomic E-state index is 12.0. The summed E-state index contributed by atoms with van der Waals surface area (Å²) >= 11 is 0. The van der Waals surface area contributed by atoms with Crippen LogP contribution >= 0.6 is 0 Å². The van der Waals surface area contributed by atoms with Crippen LogP contribution in [0.4, 0.5) is 5.69 Å². The second-order valence-electron chi connectivity index (χ2n) is 5.63. The third-order valence-corrected chi connectivity index (χ3v) is 3.36. The summed E-state index contributed by atoms with van der Waals surface area (Å²) in [6.45, 7) is 5.50. The van der Waals surface area contributed by atoms with E-state index >= 15 is 0 Å². The number of anilines is 1. The Morgan fingerprint density at radius 2 is 1.82 bits per heavy atom. The van der Waals surface area contributed by atoms with E-state index in [1.165, 1.54) is 0 Å². The third kappa shape index (κ3) is 6.69. The van der Waals surface area contributed by atoms with Crippen LogP contribution in [0.15, 0.2) is 18.2 Å². The van der Waals surface area contributed by atoms with E-state index < -0.39 is 12.0 Å². The molecule has 0 heterocycles. The average Bonchev–Trinajstić information content (AvgIpc) is 2.40. The Bertz CT molecular complexity index is 497. The van der Waals surface area contributed by atoms with Crippen LogP contribution in [0, 0.1) is 13.8 Å². The van der Waals surface area contributed by atoms with Crippen molar-refractivity contribution in [2.24, 2.45) is 0 Å². The number of benzene rings is 1. The Hall–Kier alpha value is -1.92. The first-order chi connectivity index (χ1) is 10.4. The fraction of sp³-hybridized carbons (Fsp3) is 0.500. The number of rotatable bonds is 9. The number of hydrogen-bond donors (Lipinski definition) is 3. The molecule has 1 rings (SSSR count). The standard InChI is InChI=1S/C16H25N3O3/c1-11-7-12(2)9-13(8-11)19-15(20)10-14(16(21)22)18-6-4-5-17-3/h7-9,14,17-18H,4-6,10H2,1-3H3,(H,19,20)(H,21,22)/p+1/t14-/m0/s1. The number of carboxylic acid groups (broad SMARTS) is 1. The summed E-state index contributed by atoms with van der Waals surface area (Å²) in [6, 6.07) is 4.89. The van der Waals surface area contributed by atoms with E-state index in [2.05, 4.69) is 5.32 Å². The van der Waals surface area contributed by atoms with E-state index in [4.69, 9.17) is 0 Å². The number of amides is 1. The lowest BCUT2D eigenvalue weighted by molar-refractivity contribution is -0.692. The van der Waals surface area contributed by atoms with Gasteiger partial charge < -0.3 is 25.9 Å². The molecule has 0 aliphatic heterocycles. The van der Waals surface area contributed by atoms with E-state index in [9.17, 15) is 14.7 Å². The highest BCUT2D eigenvalue weighted by atomic mass is 16.4. The molecular weight excluding hydrogens is 282 g/mol. The van der Waals surface area contributed by atoms with E-state index in [1.807, 2.05) is 44.4 Å². The van der Waals surface area contributed by atoms with Crippen LogP contribution in [0.2, 0.25) is 0 Å². The Balaban J connectivity index is 2.54. The molecule has 0 unspecified atom stereocenters. The summed E-state index contributed by atoms with van der Waals surface area (Å²) in [6.07, 6.45) is 0.796. The molecule has 122 valence electrons. The van der Waals surface area contributed by atoms with Gasteiger partial charge in [0.15, 0.2) is 0 Å². The van der Waals surface area contributed by atoms with E-state index in [0.717, 1.165) is 24.1 Å². The van der Waals surface area contributed by atoms with Gasteiger partial charge in [-0.05, 0) is 37.1 Å². The topological polar surface area (TPSA) is 102 Å². The quantitative estimate of drug-likeness (QED) is 0.455. The fourth-order valence-electron chi connectivity index (χ4n) is 2.36. The molecule has 0 radical (unpaired) electrons. The Labute approximate surface area is 131 Å². The van der Waals surface area contributed by atoms with Gasteiger partial charge in [-0.3, -0.25) is 4.79 Å². The molecule has 0 saturated carbocycles. The van der Waals surface area contributed by atoms with Crippen molar-refractivity contribution in [2.75, 3.05) is 25.5 Å². The van der Waals surface area contributed by atoms with Crippen molar-refractivity contribution in [3.05, 3.63) is 29.3 Å². The molecule has 1 aromatic rings. The summed E-state index contributed by atoms with van der Waals surface area (Å²) in [5.41, 5.74) is 2.79. The molecule has 6 heteroatoms. The minimum Gasteiger partial charge on any atom is -0.544 e. The molecule has 1 atom stereocenters. The van der Waals surface area contributed by atoms with Crippen LogP contribution in [0.5, 0.6) is 0 Å². The zero-order valence-electron chi connectivity index (χ0n) is 13.5. The van der Waals surface area contributed by atoms with E-state index in [0.29, 0.717) is 12.2 Å². The maximum absolute atomic E-state index is 12.0. The first-order valence-corrected chi connectivity index (χ1v) is 7.62. The lowest BCUT2D eigenvalue weighted by atomic mass is 10.1. The van der Waals surface area contributed by atoms with Gasteiger partial charge in [-0.2, -0.15) is 0 Å². The maximum Gasteiger partial charge on any atom is 0.230 e. The van der Waals surface area contributed by atoms with Crippen LogP contribution in [-0.4, -0.2) is 38.1 Å². The molecule has 0 fully saturated rings. The highest BCUT2D eigenvalue weighted by Gasteiger charge is 2.18. The molecular formula is C16H26N3O3+. The van der Waals surface area contributed by atoms with Gasteiger partial charge >= 0.3 is 0 Å². The minimum atomic E-state index is -1.20. The lowest BCUT2D eigenvalue weighted by Gasteiger charge is -2.16. The monoisotopic (exact) mass is 308 g/mol.